The highest BCUT2D eigenvalue weighted by Crippen LogP contribution is 2.15. The van der Waals surface area contributed by atoms with E-state index in [2.05, 4.69) is 26.8 Å². The van der Waals surface area contributed by atoms with Crippen LogP contribution in [0.3, 0.4) is 0 Å². The highest BCUT2D eigenvalue weighted by atomic mass is 16.5. The smallest absolute Gasteiger partial charge is 0.330 e. The Labute approximate surface area is 112 Å². The van der Waals surface area contributed by atoms with E-state index in [1.165, 1.54) is 25.3 Å². The molecule has 0 N–H and O–H groups in total. The van der Waals surface area contributed by atoms with Crippen LogP contribution < -0.4 is 0 Å². The minimum atomic E-state index is -0.271. The zero-order chi connectivity index (χ0) is 13.8. The summed E-state index contributed by atoms with van der Waals surface area (Å²) in [5, 5.41) is 0. The number of carbonyl (C=O) groups is 1. The van der Waals surface area contributed by atoms with Gasteiger partial charge in [-0.2, -0.15) is 0 Å². The van der Waals surface area contributed by atoms with E-state index in [-0.39, 0.29) is 5.97 Å². The van der Waals surface area contributed by atoms with E-state index < -0.39 is 0 Å². The molecule has 0 radical (unpaired) electrons. The molecule has 0 aliphatic carbocycles. The first-order valence-electron chi connectivity index (χ1n) is 7.06. The van der Waals surface area contributed by atoms with Gasteiger partial charge in [0.1, 0.15) is 0 Å². The van der Waals surface area contributed by atoms with Crippen LogP contribution in [0.5, 0.6) is 0 Å². The Morgan fingerprint density at radius 1 is 1.17 bits per heavy atom. The third-order valence-electron chi connectivity index (χ3n) is 2.78. The summed E-state index contributed by atoms with van der Waals surface area (Å²) in [7, 11) is 0. The van der Waals surface area contributed by atoms with Gasteiger partial charge >= 0.3 is 5.97 Å². The molecule has 1 unspecified atom stereocenters. The van der Waals surface area contributed by atoms with E-state index in [0.29, 0.717) is 6.61 Å². The Hall–Kier alpha value is -1.05. The third kappa shape index (κ3) is 11.4. The molecule has 104 valence electrons. The first kappa shape index (κ1) is 16.9. The number of esters is 1. The monoisotopic (exact) mass is 252 g/mol. The molecule has 0 aromatic heterocycles. The second-order valence-corrected chi connectivity index (χ2v) is 5.20. The summed E-state index contributed by atoms with van der Waals surface area (Å²) in [6, 6.07) is 0. The van der Waals surface area contributed by atoms with E-state index in [9.17, 15) is 4.79 Å². The Balaban J connectivity index is 3.65. The van der Waals surface area contributed by atoms with Crippen LogP contribution in [0.2, 0.25) is 0 Å². The average molecular weight is 252 g/mol. The number of hydrogen-bond donors (Lipinski definition) is 0. The van der Waals surface area contributed by atoms with E-state index in [1.807, 2.05) is 6.08 Å². The Bertz CT molecular complexity index is 264. The van der Waals surface area contributed by atoms with Crippen LogP contribution >= 0.6 is 0 Å². The summed E-state index contributed by atoms with van der Waals surface area (Å²) in [5.74, 6) is 1.25. The van der Waals surface area contributed by atoms with Gasteiger partial charge in [-0.1, -0.05) is 58.3 Å². The van der Waals surface area contributed by atoms with E-state index >= 15 is 0 Å². The van der Waals surface area contributed by atoms with Crippen molar-refractivity contribution in [3.8, 4) is 0 Å². The second kappa shape index (κ2) is 11.1. The number of allylic oxidation sites excluding steroid dienone is 3. The van der Waals surface area contributed by atoms with Gasteiger partial charge in [-0.25, -0.2) is 4.79 Å². The maximum Gasteiger partial charge on any atom is 0.330 e. The van der Waals surface area contributed by atoms with Crippen molar-refractivity contribution in [2.45, 2.75) is 53.4 Å². The van der Waals surface area contributed by atoms with Gasteiger partial charge in [0.05, 0.1) is 6.61 Å². The van der Waals surface area contributed by atoms with E-state index in [4.69, 9.17) is 4.74 Å². The lowest BCUT2D eigenvalue weighted by Gasteiger charge is -2.09. The highest BCUT2D eigenvalue weighted by molar-refractivity contribution is 5.82. The molecule has 0 aliphatic rings. The maximum absolute atomic E-state index is 11.0. The van der Waals surface area contributed by atoms with Crippen LogP contribution in [-0.2, 0) is 9.53 Å². The van der Waals surface area contributed by atoms with Gasteiger partial charge in [0.15, 0.2) is 0 Å². The zero-order valence-electron chi connectivity index (χ0n) is 12.3. The van der Waals surface area contributed by atoms with Gasteiger partial charge in [0, 0.05) is 6.08 Å². The molecule has 0 fully saturated rings. The topological polar surface area (TPSA) is 26.3 Å². The first-order valence-corrected chi connectivity index (χ1v) is 7.06. The van der Waals surface area contributed by atoms with Crippen LogP contribution in [0.1, 0.15) is 53.4 Å². The fourth-order valence-electron chi connectivity index (χ4n) is 1.71. The molecule has 0 aromatic rings. The van der Waals surface area contributed by atoms with E-state index in [0.717, 1.165) is 18.3 Å². The summed E-state index contributed by atoms with van der Waals surface area (Å²) >= 11 is 0. The number of carbonyl (C=O) groups excluding carboxylic acids is 1. The predicted octanol–water partition coefficient (Wildman–Crippen LogP) is 4.51. The fourth-order valence-corrected chi connectivity index (χ4v) is 1.71. The highest BCUT2D eigenvalue weighted by Gasteiger charge is 2.00. The molecule has 0 aromatic carbocycles. The van der Waals surface area contributed by atoms with Crippen LogP contribution in [0.4, 0.5) is 0 Å². The minimum absolute atomic E-state index is 0.271. The first-order chi connectivity index (χ1) is 8.56. The van der Waals surface area contributed by atoms with E-state index in [1.54, 1.807) is 13.0 Å². The molecule has 0 amide bonds. The number of hydrogen-bond acceptors (Lipinski definition) is 2. The van der Waals surface area contributed by atoms with Gasteiger partial charge in [0.2, 0.25) is 0 Å². The molecule has 0 bridgehead atoms. The van der Waals surface area contributed by atoms with Crippen molar-refractivity contribution < 1.29 is 9.53 Å². The number of rotatable bonds is 9. The lowest BCUT2D eigenvalue weighted by molar-refractivity contribution is -0.137. The number of ether oxygens (including phenoxy) is 1. The van der Waals surface area contributed by atoms with Crippen molar-refractivity contribution in [1.29, 1.82) is 0 Å². The fraction of sp³-hybridized carbons (Fsp3) is 0.688. The Morgan fingerprint density at radius 2 is 1.89 bits per heavy atom. The SMILES string of the molecule is CCOC(=O)/C=C/C=C/CC(C)CCCC(C)C. The van der Waals surface area contributed by atoms with Crippen molar-refractivity contribution in [1.82, 2.24) is 0 Å². The van der Waals surface area contributed by atoms with Gasteiger partial charge in [0.25, 0.3) is 0 Å². The van der Waals surface area contributed by atoms with Crippen LogP contribution in [0, 0.1) is 11.8 Å². The van der Waals surface area contributed by atoms with Crippen molar-refractivity contribution in [2.75, 3.05) is 6.61 Å². The van der Waals surface area contributed by atoms with Crippen LogP contribution in [-0.4, -0.2) is 12.6 Å². The second-order valence-electron chi connectivity index (χ2n) is 5.20. The Morgan fingerprint density at radius 3 is 2.50 bits per heavy atom. The summed E-state index contributed by atoms with van der Waals surface area (Å²) in [4.78, 5) is 11.0. The maximum atomic E-state index is 11.0. The Kier molecular flexibility index (Phi) is 10.4. The van der Waals surface area contributed by atoms with Crippen molar-refractivity contribution in [2.24, 2.45) is 11.8 Å². The molecule has 2 nitrogen and oxygen atoms in total. The molecule has 0 rings (SSSR count). The van der Waals surface area contributed by atoms with Gasteiger partial charge in [-0.3, -0.25) is 0 Å². The van der Waals surface area contributed by atoms with Crippen LogP contribution in [0.15, 0.2) is 24.3 Å². The molecule has 0 saturated heterocycles. The summed E-state index contributed by atoms with van der Waals surface area (Å²) in [5.41, 5.74) is 0. The van der Waals surface area contributed by atoms with Crippen molar-refractivity contribution >= 4 is 5.97 Å². The predicted molar refractivity (Wildman–Crippen MR) is 77.4 cm³/mol. The molecule has 0 saturated carbocycles. The van der Waals surface area contributed by atoms with Gasteiger partial charge in [-0.05, 0) is 25.2 Å². The molecule has 0 heterocycles. The van der Waals surface area contributed by atoms with Crippen molar-refractivity contribution in [3.05, 3.63) is 24.3 Å². The molecule has 0 spiro atoms. The lowest BCUT2D eigenvalue weighted by atomic mass is 9.97. The quantitative estimate of drug-likeness (QED) is 0.343. The van der Waals surface area contributed by atoms with Gasteiger partial charge < -0.3 is 4.74 Å². The summed E-state index contributed by atoms with van der Waals surface area (Å²) in [6.07, 6.45) is 12.2. The lowest BCUT2D eigenvalue weighted by Crippen LogP contribution is -1.98. The molecular formula is C16H28O2. The van der Waals surface area contributed by atoms with Crippen LogP contribution in [0.25, 0.3) is 0 Å². The van der Waals surface area contributed by atoms with Crippen molar-refractivity contribution in [3.63, 3.8) is 0 Å². The molecule has 1 atom stereocenters. The minimum Gasteiger partial charge on any atom is -0.463 e. The molecular weight excluding hydrogens is 224 g/mol. The summed E-state index contributed by atoms with van der Waals surface area (Å²) < 4.78 is 4.79. The third-order valence-corrected chi connectivity index (χ3v) is 2.78. The summed E-state index contributed by atoms with van der Waals surface area (Å²) in [6.45, 7) is 9.05. The van der Waals surface area contributed by atoms with Gasteiger partial charge in [-0.15, -0.1) is 0 Å². The molecule has 0 aliphatic heterocycles. The zero-order valence-corrected chi connectivity index (χ0v) is 12.3. The largest absolute Gasteiger partial charge is 0.463 e. The average Bonchev–Trinajstić information content (AvgIpc) is 2.28. The normalized spacial score (nSPS) is 13.6. The molecule has 2 heteroatoms. The molecule has 18 heavy (non-hydrogen) atoms. The standard InChI is InChI=1S/C16H28O2/c1-5-18-16(17)13-8-6-7-11-15(4)12-9-10-14(2)3/h6-8,13-15H,5,9-12H2,1-4H3/b7-6+,13-8+.